The monoisotopic (exact) mass is 197 g/mol. The second kappa shape index (κ2) is 4.63. The molecule has 14 heavy (non-hydrogen) atoms. The largest absolute Gasteiger partial charge is 0.392 e. The highest BCUT2D eigenvalue weighted by molar-refractivity contribution is 4.87. The third-order valence-corrected chi connectivity index (χ3v) is 3.95. The van der Waals surface area contributed by atoms with Crippen LogP contribution in [0.5, 0.6) is 0 Å². The molecule has 82 valence electrons. The van der Waals surface area contributed by atoms with Crippen molar-refractivity contribution in [2.45, 2.75) is 70.1 Å². The molecule has 0 aromatic carbocycles. The van der Waals surface area contributed by atoms with Gasteiger partial charge in [0.2, 0.25) is 0 Å². The zero-order valence-corrected chi connectivity index (χ0v) is 9.21. The Balaban J connectivity index is 1.74. The Morgan fingerprint density at radius 2 is 1.71 bits per heavy atom. The maximum absolute atomic E-state index is 9.71. The Hall–Kier alpha value is -0.0800. The summed E-state index contributed by atoms with van der Waals surface area (Å²) in [7, 11) is 0. The fraction of sp³-hybridized carbons (Fsp3) is 1.00. The summed E-state index contributed by atoms with van der Waals surface area (Å²) < 4.78 is 0. The van der Waals surface area contributed by atoms with Gasteiger partial charge in [-0.05, 0) is 50.9 Å². The Kier molecular flexibility index (Phi) is 3.45. The number of hydrogen-bond acceptors (Lipinski definition) is 2. The minimum Gasteiger partial charge on any atom is -0.392 e. The average molecular weight is 197 g/mol. The van der Waals surface area contributed by atoms with Crippen LogP contribution < -0.4 is 5.32 Å². The summed E-state index contributed by atoms with van der Waals surface area (Å²) >= 11 is 0. The normalized spacial score (nSPS) is 44.1. The van der Waals surface area contributed by atoms with Crippen molar-refractivity contribution in [2.24, 2.45) is 5.92 Å². The zero-order chi connectivity index (χ0) is 9.97. The van der Waals surface area contributed by atoms with Crippen molar-refractivity contribution in [1.29, 1.82) is 0 Å². The van der Waals surface area contributed by atoms with Gasteiger partial charge >= 0.3 is 0 Å². The summed E-state index contributed by atoms with van der Waals surface area (Å²) in [4.78, 5) is 0. The topological polar surface area (TPSA) is 32.3 Å². The van der Waals surface area contributed by atoms with Crippen LogP contribution in [0.15, 0.2) is 0 Å². The van der Waals surface area contributed by atoms with E-state index in [1.807, 2.05) is 0 Å². The van der Waals surface area contributed by atoms with Crippen LogP contribution in [0.2, 0.25) is 0 Å². The highest BCUT2D eigenvalue weighted by Crippen LogP contribution is 2.26. The second-order valence-corrected chi connectivity index (χ2v) is 5.23. The summed E-state index contributed by atoms with van der Waals surface area (Å²) in [6.07, 6.45) is 8.64. The zero-order valence-electron chi connectivity index (χ0n) is 9.21. The summed E-state index contributed by atoms with van der Waals surface area (Å²) in [5.41, 5.74) is 0. The van der Waals surface area contributed by atoms with Gasteiger partial charge in [-0.3, -0.25) is 0 Å². The highest BCUT2D eigenvalue weighted by atomic mass is 16.3. The molecule has 2 atom stereocenters. The maximum atomic E-state index is 9.71. The number of nitrogens with one attached hydrogen (secondary N) is 1. The summed E-state index contributed by atoms with van der Waals surface area (Å²) in [6, 6.07) is 1.08. The second-order valence-electron chi connectivity index (χ2n) is 5.23. The van der Waals surface area contributed by atoms with Crippen molar-refractivity contribution in [3.63, 3.8) is 0 Å². The molecule has 0 unspecified atom stereocenters. The lowest BCUT2D eigenvalue weighted by atomic mass is 9.87. The summed E-state index contributed by atoms with van der Waals surface area (Å²) in [5.74, 6) is 0.918. The molecule has 0 bridgehead atoms. The minimum atomic E-state index is -0.0747. The molecule has 2 aliphatic carbocycles. The van der Waals surface area contributed by atoms with E-state index >= 15 is 0 Å². The van der Waals surface area contributed by atoms with Gasteiger partial charge in [0, 0.05) is 12.1 Å². The summed E-state index contributed by atoms with van der Waals surface area (Å²) in [5, 5.41) is 13.3. The quantitative estimate of drug-likeness (QED) is 0.710. The van der Waals surface area contributed by atoms with Crippen molar-refractivity contribution in [3.05, 3.63) is 0 Å². The number of aliphatic hydroxyl groups excluding tert-OH is 1. The molecule has 2 fully saturated rings. The standard InChI is InChI=1S/C12H23NO/c1-9-5-7-10(8-6-9)13-11-3-2-4-12(11)14/h9-14H,2-8H2,1H3/t9?,10?,11-,12-/m0/s1. The van der Waals surface area contributed by atoms with Crippen LogP contribution in [-0.4, -0.2) is 23.3 Å². The van der Waals surface area contributed by atoms with Crippen LogP contribution in [0.25, 0.3) is 0 Å². The molecule has 2 rings (SSSR count). The van der Waals surface area contributed by atoms with E-state index in [0.717, 1.165) is 12.3 Å². The van der Waals surface area contributed by atoms with Gasteiger partial charge in [-0.2, -0.15) is 0 Å². The first kappa shape index (κ1) is 10.4. The molecular weight excluding hydrogens is 174 g/mol. The molecule has 0 aromatic rings. The van der Waals surface area contributed by atoms with Crippen LogP contribution in [-0.2, 0) is 0 Å². The summed E-state index contributed by atoms with van der Waals surface area (Å²) in [6.45, 7) is 2.35. The first-order chi connectivity index (χ1) is 6.75. The van der Waals surface area contributed by atoms with Crippen molar-refractivity contribution >= 4 is 0 Å². The molecule has 2 N–H and O–H groups in total. The average Bonchev–Trinajstić information content (AvgIpc) is 2.56. The Bertz CT molecular complexity index is 175. The Labute approximate surface area is 87.1 Å². The smallest absolute Gasteiger partial charge is 0.0693 e. The molecule has 0 radical (unpaired) electrons. The fourth-order valence-corrected chi connectivity index (χ4v) is 2.86. The van der Waals surface area contributed by atoms with E-state index in [0.29, 0.717) is 12.1 Å². The number of rotatable bonds is 2. The van der Waals surface area contributed by atoms with Gasteiger partial charge in [-0.15, -0.1) is 0 Å². The number of aliphatic hydroxyl groups is 1. The van der Waals surface area contributed by atoms with Gasteiger partial charge in [0.1, 0.15) is 0 Å². The lowest BCUT2D eigenvalue weighted by molar-refractivity contribution is 0.135. The van der Waals surface area contributed by atoms with E-state index in [1.54, 1.807) is 0 Å². The minimum absolute atomic E-state index is 0.0747. The van der Waals surface area contributed by atoms with Crippen molar-refractivity contribution in [1.82, 2.24) is 5.32 Å². The van der Waals surface area contributed by atoms with Crippen molar-refractivity contribution < 1.29 is 5.11 Å². The van der Waals surface area contributed by atoms with Crippen LogP contribution in [0.4, 0.5) is 0 Å². The van der Waals surface area contributed by atoms with Crippen LogP contribution in [0.3, 0.4) is 0 Å². The molecule has 0 saturated heterocycles. The molecule has 0 amide bonds. The molecule has 2 aliphatic rings. The first-order valence-corrected chi connectivity index (χ1v) is 6.20. The van der Waals surface area contributed by atoms with E-state index in [-0.39, 0.29) is 6.10 Å². The predicted molar refractivity (Wildman–Crippen MR) is 58.2 cm³/mol. The molecule has 0 heterocycles. The molecule has 2 heteroatoms. The molecule has 2 nitrogen and oxygen atoms in total. The van der Waals surface area contributed by atoms with E-state index < -0.39 is 0 Å². The molecule has 0 aliphatic heterocycles. The van der Waals surface area contributed by atoms with E-state index in [4.69, 9.17) is 0 Å². The Morgan fingerprint density at radius 1 is 1.00 bits per heavy atom. The number of hydrogen-bond donors (Lipinski definition) is 2. The molecule has 2 saturated carbocycles. The third-order valence-electron chi connectivity index (χ3n) is 3.95. The first-order valence-electron chi connectivity index (χ1n) is 6.20. The fourth-order valence-electron chi connectivity index (χ4n) is 2.86. The van der Waals surface area contributed by atoms with Crippen LogP contribution >= 0.6 is 0 Å². The third kappa shape index (κ3) is 2.48. The van der Waals surface area contributed by atoms with Gasteiger partial charge in [0.15, 0.2) is 0 Å². The van der Waals surface area contributed by atoms with Crippen molar-refractivity contribution in [3.8, 4) is 0 Å². The van der Waals surface area contributed by atoms with Gasteiger partial charge in [0.05, 0.1) is 6.10 Å². The highest BCUT2D eigenvalue weighted by Gasteiger charge is 2.28. The van der Waals surface area contributed by atoms with Crippen molar-refractivity contribution in [2.75, 3.05) is 0 Å². The van der Waals surface area contributed by atoms with Gasteiger partial charge in [0.25, 0.3) is 0 Å². The molecular formula is C12H23NO. The van der Waals surface area contributed by atoms with Gasteiger partial charge in [-0.1, -0.05) is 6.92 Å². The van der Waals surface area contributed by atoms with Gasteiger partial charge in [-0.25, -0.2) is 0 Å². The lowest BCUT2D eigenvalue weighted by Gasteiger charge is -2.30. The lowest BCUT2D eigenvalue weighted by Crippen LogP contribution is -2.44. The van der Waals surface area contributed by atoms with Crippen LogP contribution in [0.1, 0.15) is 51.9 Å². The Morgan fingerprint density at radius 3 is 2.29 bits per heavy atom. The SMILES string of the molecule is CC1CCC(N[C@H]2CCC[C@@H]2O)CC1. The predicted octanol–water partition coefficient (Wildman–Crippen LogP) is 2.07. The maximum Gasteiger partial charge on any atom is 0.0693 e. The van der Waals surface area contributed by atoms with Gasteiger partial charge < -0.3 is 10.4 Å². The van der Waals surface area contributed by atoms with Crippen LogP contribution in [0, 0.1) is 5.92 Å². The van der Waals surface area contributed by atoms with E-state index in [1.165, 1.54) is 38.5 Å². The molecule has 0 aromatic heterocycles. The molecule has 0 spiro atoms. The van der Waals surface area contributed by atoms with E-state index in [9.17, 15) is 5.11 Å². The van der Waals surface area contributed by atoms with E-state index in [2.05, 4.69) is 12.2 Å².